The molecule has 3 nitrogen and oxygen atoms in total. The molecular weight excluding hydrogens is 218 g/mol. The molecule has 0 radical (unpaired) electrons. The summed E-state index contributed by atoms with van der Waals surface area (Å²) in [4.78, 5) is 2.15. The minimum absolute atomic E-state index is 0.454. The van der Waals surface area contributed by atoms with Crippen LogP contribution in [-0.4, -0.2) is 36.7 Å². The van der Waals surface area contributed by atoms with Crippen LogP contribution in [-0.2, 0) is 0 Å². The van der Waals surface area contributed by atoms with Gasteiger partial charge in [0.15, 0.2) is 5.11 Å². The van der Waals surface area contributed by atoms with E-state index >= 15 is 0 Å². The molecule has 0 spiro atoms. The van der Waals surface area contributed by atoms with Gasteiger partial charge in [-0.1, -0.05) is 18.2 Å². The second kappa shape index (κ2) is 6.45. The first kappa shape index (κ1) is 12.9. The Bertz CT molecular complexity index is 324. The van der Waals surface area contributed by atoms with Crippen LogP contribution in [0, 0.1) is 0 Å². The van der Waals surface area contributed by atoms with Gasteiger partial charge >= 0.3 is 0 Å². The molecule has 0 heterocycles. The summed E-state index contributed by atoms with van der Waals surface area (Å²) in [5.74, 6) is 0. The van der Waals surface area contributed by atoms with Gasteiger partial charge in [-0.2, -0.15) is 0 Å². The average molecular weight is 237 g/mol. The molecule has 0 aliphatic carbocycles. The maximum absolute atomic E-state index is 5.20. The second-order valence-corrected chi connectivity index (χ2v) is 4.42. The number of nitrogens with zero attached hydrogens (tertiary/aromatic N) is 1. The molecule has 1 rings (SSSR count). The molecular formula is C12H19N3S. The molecule has 0 bridgehead atoms. The first-order valence-corrected chi connectivity index (χ1v) is 5.76. The molecule has 0 fully saturated rings. The third-order valence-corrected chi connectivity index (χ3v) is 2.72. The van der Waals surface area contributed by atoms with Crippen LogP contribution in [0.25, 0.3) is 0 Å². The Hall–Kier alpha value is -1.13. The standard InChI is InChI=1S/C12H19N3S/c1-10(15(2)3)9-13-12(16)14-11-7-5-4-6-8-11/h4-8,10H,9H2,1-3H3,(H2,13,14,16). The maximum atomic E-state index is 5.20. The third kappa shape index (κ3) is 4.59. The highest BCUT2D eigenvalue weighted by molar-refractivity contribution is 7.80. The summed E-state index contributed by atoms with van der Waals surface area (Å²) in [7, 11) is 4.11. The molecule has 0 aliphatic rings. The number of thiocarbonyl (C=S) groups is 1. The first-order chi connectivity index (χ1) is 7.59. The van der Waals surface area contributed by atoms with Gasteiger partial charge in [-0.05, 0) is 45.4 Å². The molecule has 2 N–H and O–H groups in total. The highest BCUT2D eigenvalue weighted by atomic mass is 32.1. The third-order valence-electron chi connectivity index (χ3n) is 2.47. The van der Waals surface area contributed by atoms with Crippen molar-refractivity contribution in [2.75, 3.05) is 26.0 Å². The first-order valence-electron chi connectivity index (χ1n) is 5.36. The molecule has 0 saturated heterocycles. The smallest absolute Gasteiger partial charge is 0.170 e. The minimum Gasteiger partial charge on any atom is -0.361 e. The van der Waals surface area contributed by atoms with E-state index in [2.05, 4.69) is 36.6 Å². The molecule has 0 aromatic heterocycles. The van der Waals surface area contributed by atoms with Crippen LogP contribution < -0.4 is 10.6 Å². The van der Waals surface area contributed by atoms with Crippen molar-refractivity contribution in [2.24, 2.45) is 0 Å². The van der Waals surface area contributed by atoms with Crippen LogP contribution in [0.2, 0.25) is 0 Å². The minimum atomic E-state index is 0.454. The van der Waals surface area contributed by atoms with Crippen LogP contribution in [0.3, 0.4) is 0 Å². The number of likely N-dealkylation sites (N-methyl/N-ethyl adjacent to an activating group) is 1. The number of benzene rings is 1. The van der Waals surface area contributed by atoms with Crippen molar-refractivity contribution in [1.29, 1.82) is 0 Å². The van der Waals surface area contributed by atoms with Crippen LogP contribution in [0.1, 0.15) is 6.92 Å². The maximum Gasteiger partial charge on any atom is 0.170 e. The van der Waals surface area contributed by atoms with Gasteiger partial charge in [-0.15, -0.1) is 0 Å². The van der Waals surface area contributed by atoms with Crippen LogP contribution >= 0.6 is 12.2 Å². The molecule has 1 aromatic rings. The van der Waals surface area contributed by atoms with Gasteiger partial charge in [0, 0.05) is 18.3 Å². The summed E-state index contributed by atoms with van der Waals surface area (Å²) >= 11 is 5.20. The van der Waals surface area contributed by atoms with Gasteiger partial charge in [-0.3, -0.25) is 0 Å². The van der Waals surface area contributed by atoms with E-state index in [-0.39, 0.29) is 0 Å². The van der Waals surface area contributed by atoms with E-state index in [9.17, 15) is 0 Å². The van der Waals surface area contributed by atoms with E-state index in [4.69, 9.17) is 12.2 Å². The van der Waals surface area contributed by atoms with E-state index in [0.717, 1.165) is 12.2 Å². The van der Waals surface area contributed by atoms with E-state index in [1.165, 1.54) is 0 Å². The summed E-state index contributed by atoms with van der Waals surface area (Å²) in [5, 5.41) is 7.00. The lowest BCUT2D eigenvalue weighted by atomic mass is 10.3. The van der Waals surface area contributed by atoms with Crippen LogP contribution in [0.15, 0.2) is 30.3 Å². The number of nitrogens with one attached hydrogen (secondary N) is 2. The molecule has 88 valence electrons. The summed E-state index contributed by atoms with van der Waals surface area (Å²) in [6.07, 6.45) is 0. The van der Waals surface area contributed by atoms with E-state index in [1.807, 2.05) is 30.3 Å². The van der Waals surface area contributed by atoms with Crippen molar-refractivity contribution >= 4 is 23.0 Å². The van der Waals surface area contributed by atoms with Crippen molar-refractivity contribution in [3.8, 4) is 0 Å². The van der Waals surface area contributed by atoms with Gasteiger partial charge in [-0.25, -0.2) is 0 Å². The van der Waals surface area contributed by atoms with Gasteiger partial charge in [0.25, 0.3) is 0 Å². The van der Waals surface area contributed by atoms with Gasteiger partial charge < -0.3 is 15.5 Å². The molecule has 16 heavy (non-hydrogen) atoms. The zero-order chi connectivity index (χ0) is 12.0. The fourth-order valence-electron chi connectivity index (χ4n) is 1.12. The van der Waals surface area contributed by atoms with Gasteiger partial charge in [0.05, 0.1) is 0 Å². The zero-order valence-electron chi connectivity index (χ0n) is 10.0. The Labute approximate surface area is 103 Å². The number of hydrogen-bond donors (Lipinski definition) is 2. The fraction of sp³-hybridized carbons (Fsp3) is 0.417. The molecule has 0 aliphatic heterocycles. The molecule has 4 heteroatoms. The molecule has 0 saturated carbocycles. The monoisotopic (exact) mass is 237 g/mol. The Morgan fingerprint density at radius 1 is 1.31 bits per heavy atom. The van der Waals surface area contributed by atoms with E-state index in [1.54, 1.807) is 0 Å². The number of hydrogen-bond acceptors (Lipinski definition) is 2. The van der Waals surface area contributed by atoms with E-state index < -0.39 is 0 Å². The quantitative estimate of drug-likeness (QED) is 0.783. The lowest BCUT2D eigenvalue weighted by molar-refractivity contribution is 0.313. The fourth-order valence-corrected chi connectivity index (χ4v) is 1.32. The van der Waals surface area contributed by atoms with E-state index in [0.29, 0.717) is 11.2 Å². The Kier molecular flexibility index (Phi) is 5.22. The second-order valence-electron chi connectivity index (χ2n) is 4.01. The molecule has 1 unspecified atom stereocenters. The lowest BCUT2D eigenvalue weighted by Gasteiger charge is -2.21. The van der Waals surface area contributed by atoms with Crippen molar-refractivity contribution < 1.29 is 0 Å². The van der Waals surface area contributed by atoms with Crippen molar-refractivity contribution in [3.05, 3.63) is 30.3 Å². The predicted molar refractivity (Wildman–Crippen MR) is 73.8 cm³/mol. The Morgan fingerprint density at radius 2 is 1.94 bits per heavy atom. The largest absolute Gasteiger partial charge is 0.361 e. The van der Waals surface area contributed by atoms with Crippen LogP contribution in [0.5, 0.6) is 0 Å². The lowest BCUT2D eigenvalue weighted by Crippen LogP contribution is -2.39. The van der Waals surface area contributed by atoms with Crippen molar-refractivity contribution in [1.82, 2.24) is 10.2 Å². The van der Waals surface area contributed by atoms with Crippen molar-refractivity contribution in [2.45, 2.75) is 13.0 Å². The highest BCUT2D eigenvalue weighted by Gasteiger charge is 2.04. The highest BCUT2D eigenvalue weighted by Crippen LogP contribution is 2.04. The number of rotatable bonds is 4. The Morgan fingerprint density at radius 3 is 2.50 bits per heavy atom. The van der Waals surface area contributed by atoms with Gasteiger partial charge in [0.2, 0.25) is 0 Å². The predicted octanol–water partition coefficient (Wildman–Crippen LogP) is 1.92. The topological polar surface area (TPSA) is 27.3 Å². The summed E-state index contributed by atoms with van der Waals surface area (Å²) in [6.45, 7) is 2.99. The molecule has 1 atom stereocenters. The zero-order valence-corrected chi connectivity index (χ0v) is 10.8. The summed E-state index contributed by atoms with van der Waals surface area (Å²) in [5.41, 5.74) is 1.01. The Balaban J connectivity index is 2.32. The van der Waals surface area contributed by atoms with Gasteiger partial charge in [0.1, 0.15) is 0 Å². The number of para-hydroxylation sites is 1. The normalized spacial score (nSPS) is 12.2. The SMILES string of the molecule is CC(CNC(=S)Nc1ccccc1)N(C)C. The summed E-state index contributed by atoms with van der Waals surface area (Å²) in [6, 6.07) is 10.4. The number of anilines is 1. The average Bonchev–Trinajstić information content (AvgIpc) is 2.27. The summed E-state index contributed by atoms with van der Waals surface area (Å²) < 4.78 is 0. The van der Waals surface area contributed by atoms with Crippen LogP contribution in [0.4, 0.5) is 5.69 Å². The molecule has 1 aromatic carbocycles. The molecule has 0 amide bonds. The van der Waals surface area contributed by atoms with Crippen molar-refractivity contribution in [3.63, 3.8) is 0 Å².